The van der Waals surface area contributed by atoms with Gasteiger partial charge < -0.3 is 14.9 Å². The molecule has 0 saturated carbocycles. The van der Waals surface area contributed by atoms with Crippen LogP contribution in [0.1, 0.15) is 15.9 Å². The van der Waals surface area contributed by atoms with E-state index in [1.54, 1.807) is 6.07 Å². The van der Waals surface area contributed by atoms with Crippen molar-refractivity contribution in [3.05, 3.63) is 23.3 Å². The SMILES string of the molecule is COC(=O)c1c(O)cc(C#N)cc1O. The van der Waals surface area contributed by atoms with Crippen molar-refractivity contribution >= 4 is 5.97 Å². The van der Waals surface area contributed by atoms with E-state index >= 15 is 0 Å². The Morgan fingerprint density at radius 1 is 1.43 bits per heavy atom. The third-order valence-corrected chi connectivity index (χ3v) is 1.62. The van der Waals surface area contributed by atoms with Crippen LogP contribution in [0.5, 0.6) is 11.5 Å². The summed E-state index contributed by atoms with van der Waals surface area (Å²) in [6.45, 7) is 0. The van der Waals surface area contributed by atoms with Crippen molar-refractivity contribution in [3.8, 4) is 17.6 Å². The van der Waals surface area contributed by atoms with Gasteiger partial charge in [-0.1, -0.05) is 0 Å². The second-order valence-electron chi connectivity index (χ2n) is 2.49. The summed E-state index contributed by atoms with van der Waals surface area (Å²) in [4.78, 5) is 11.0. The Labute approximate surface area is 79.8 Å². The average Bonchev–Trinajstić information content (AvgIpc) is 2.16. The van der Waals surface area contributed by atoms with Crippen LogP contribution >= 0.6 is 0 Å². The van der Waals surface area contributed by atoms with Gasteiger partial charge >= 0.3 is 5.97 Å². The number of methoxy groups -OCH3 is 1. The summed E-state index contributed by atoms with van der Waals surface area (Å²) < 4.78 is 4.33. The third-order valence-electron chi connectivity index (χ3n) is 1.62. The fraction of sp³-hybridized carbons (Fsp3) is 0.111. The van der Waals surface area contributed by atoms with Crippen molar-refractivity contribution in [2.45, 2.75) is 0 Å². The molecule has 2 N–H and O–H groups in total. The van der Waals surface area contributed by atoms with Crippen LogP contribution in [0, 0.1) is 11.3 Å². The Kier molecular flexibility index (Phi) is 2.58. The fourth-order valence-electron chi connectivity index (χ4n) is 0.988. The van der Waals surface area contributed by atoms with Crippen LogP contribution in [0.3, 0.4) is 0 Å². The van der Waals surface area contributed by atoms with Gasteiger partial charge in [-0.15, -0.1) is 0 Å². The first kappa shape index (κ1) is 9.86. The van der Waals surface area contributed by atoms with Gasteiger partial charge in [0.25, 0.3) is 0 Å². The van der Waals surface area contributed by atoms with E-state index < -0.39 is 17.5 Å². The van der Waals surface area contributed by atoms with E-state index in [9.17, 15) is 15.0 Å². The monoisotopic (exact) mass is 193 g/mol. The number of nitriles is 1. The summed E-state index contributed by atoms with van der Waals surface area (Å²) in [6.07, 6.45) is 0. The molecule has 0 radical (unpaired) electrons. The number of esters is 1. The lowest BCUT2D eigenvalue weighted by Gasteiger charge is -2.04. The first-order chi connectivity index (χ1) is 6.60. The molecule has 72 valence electrons. The minimum absolute atomic E-state index is 0.0626. The number of carbonyl (C=O) groups excluding carboxylic acids is 1. The van der Waals surface area contributed by atoms with Crippen LogP contribution in [0.25, 0.3) is 0 Å². The van der Waals surface area contributed by atoms with Crippen molar-refractivity contribution in [1.29, 1.82) is 5.26 Å². The van der Waals surface area contributed by atoms with Crippen LogP contribution in [-0.2, 0) is 4.74 Å². The number of nitrogens with zero attached hydrogens (tertiary/aromatic N) is 1. The zero-order chi connectivity index (χ0) is 10.7. The largest absolute Gasteiger partial charge is 0.507 e. The van der Waals surface area contributed by atoms with Crippen LogP contribution in [0.15, 0.2) is 12.1 Å². The number of benzene rings is 1. The molecule has 0 saturated heterocycles. The first-order valence-electron chi connectivity index (χ1n) is 3.64. The predicted octanol–water partition coefficient (Wildman–Crippen LogP) is 0.756. The summed E-state index contributed by atoms with van der Waals surface area (Å²) in [5.41, 5.74) is -0.279. The number of phenols is 2. The molecule has 0 aromatic heterocycles. The Hall–Kier alpha value is -2.22. The van der Waals surface area contributed by atoms with Crippen LogP contribution in [0.2, 0.25) is 0 Å². The molecule has 0 spiro atoms. The second kappa shape index (κ2) is 3.66. The Balaban J connectivity index is 3.34. The van der Waals surface area contributed by atoms with E-state index in [-0.39, 0.29) is 11.1 Å². The maximum Gasteiger partial charge on any atom is 0.345 e. The summed E-state index contributed by atoms with van der Waals surface area (Å²) in [5.74, 6) is -1.81. The Bertz CT molecular complexity index is 396. The fourth-order valence-corrected chi connectivity index (χ4v) is 0.988. The van der Waals surface area contributed by atoms with Crippen molar-refractivity contribution in [1.82, 2.24) is 0 Å². The number of carbonyl (C=O) groups is 1. The molecule has 0 aliphatic heterocycles. The molecule has 0 unspecified atom stereocenters. The summed E-state index contributed by atoms with van der Waals surface area (Å²) >= 11 is 0. The molecule has 5 heteroatoms. The molecule has 0 heterocycles. The van der Waals surface area contributed by atoms with Crippen molar-refractivity contribution in [3.63, 3.8) is 0 Å². The highest BCUT2D eigenvalue weighted by molar-refractivity contribution is 5.95. The molecule has 0 amide bonds. The molecule has 1 aromatic rings. The van der Waals surface area contributed by atoms with Gasteiger partial charge in [-0.05, 0) is 12.1 Å². The number of aromatic hydroxyl groups is 2. The second-order valence-corrected chi connectivity index (χ2v) is 2.49. The highest BCUT2D eigenvalue weighted by Crippen LogP contribution is 2.28. The molecule has 0 atom stereocenters. The van der Waals surface area contributed by atoms with Gasteiger partial charge in [-0.25, -0.2) is 4.79 Å². The van der Waals surface area contributed by atoms with E-state index in [1.165, 1.54) is 0 Å². The number of hydrogen-bond acceptors (Lipinski definition) is 5. The molecule has 0 aliphatic carbocycles. The smallest absolute Gasteiger partial charge is 0.345 e. The maximum absolute atomic E-state index is 11.0. The van der Waals surface area contributed by atoms with Crippen LogP contribution in [-0.4, -0.2) is 23.3 Å². The normalized spacial score (nSPS) is 9.14. The first-order valence-corrected chi connectivity index (χ1v) is 3.64. The molecular formula is C9H7NO4. The molecule has 0 aliphatic rings. The van der Waals surface area contributed by atoms with E-state index in [1.807, 2.05) is 0 Å². The van der Waals surface area contributed by atoms with E-state index in [4.69, 9.17) is 5.26 Å². The summed E-state index contributed by atoms with van der Waals surface area (Å²) in [5, 5.41) is 27.1. The van der Waals surface area contributed by atoms with Gasteiger partial charge in [0.05, 0.1) is 18.7 Å². The molecule has 0 fully saturated rings. The topological polar surface area (TPSA) is 90.5 Å². The Morgan fingerprint density at radius 2 is 1.93 bits per heavy atom. The highest BCUT2D eigenvalue weighted by atomic mass is 16.5. The molecule has 1 aromatic carbocycles. The number of phenolic OH excluding ortho intramolecular Hbond substituents is 2. The van der Waals surface area contributed by atoms with Gasteiger partial charge in [0.2, 0.25) is 0 Å². The van der Waals surface area contributed by atoms with Crippen molar-refractivity contribution in [2.75, 3.05) is 7.11 Å². The van der Waals surface area contributed by atoms with Gasteiger partial charge in [-0.3, -0.25) is 0 Å². The number of ether oxygens (including phenoxy) is 1. The van der Waals surface area contributed by atoms with E-state index in [2.05, 4.69) is 4.74 Å². The van der Waals surface area contributed by atoms with Gasteiger partial charge in [0, 0.05) is 0 Å². The molecule has 14 heavy (non-hydrogen) atoms. The van der Waals surface area contributed by atoms with Crippen LogP contribution < -0.4 is 0 Å². The summed E-state index contributed by atoms with van der Waals surface area (Å²) in [6, 6.07) is 3.87. The number of rotatable bonds is 1. The minimum atomic E-state index is -0.857. The zero-order valence-corrected chi connectivity index (χ0v) is 7.31. The molecular weight excluding hydrogens is 186 g/mol. The molecule has 5 nitrogen and oxygen atoms in total. The summed E-state index contributed by atoms with van der Waals surface area (Å²) in [7, 11) is 1.12. The maximum atomic E-state index is 11.0. The highest BCUT2D eigenvalue weighted by Gasteiger charge is 2.17. The molecule has 0 bridgehead atoms. The number of hydrogen-bond donors (Lipinski definition) is 2. The average molecular weight is 193 g/mol. The van der Waals surface area contributed by atoms with Crippen molar-refractivity contribution in [2.24, 2.45) is 0 Å². The Morgan fingerprint density at radius 3 is 2.29 bits per heavy atom. The minimum Gasteiger partial charge on any atom is -0.507 e. The standard InChI is InChI=1S/C9H7NO4/c1-14-9(13)8-6(11)2-5(4-10)3-7(8)12/h2-3,11-12H,1H3. The quantitative estimate of drug-likeness (QED) is 0.642. The van der Waals surface area contributed by atoms with Crippen LogP contribution in [0.4, 0.5) is 0 Å². The van der Waals surface area contributed by atoms with Crippen molar-refractivity contribution < 1.29 is 19.7 Å². The van der Waals surface area contributed by atoms with Gasteiger partial charge in [0.1, 0.15) is 17.1 Å². The predicted molar refractivity (Wildman–Crippen MR) is 45.8 cm³/mol. The molecule has 1 rings (SSSR count). The zero-order valence-electron chi connectivity index (χ0n) is 7.31. The van der Waals surface area contributed by atoms with Gasteiger partial charge in [0.15, 0.2) is 0 Å². The lowest BCUT2D eigenvalue weighted by Crippen LogP contribution is -2.02. The lowest BCUT2D eigenvalue weighted by molar-refractivity contribution is 0.0594. The van der Waals surface area contributed by atoms with Gasteiger partial charge in [-0.2, -0.15) is 5.26 Å². The lowest BCUT2D eigenvalue weighted by atomic mass is 10.1. The van der Waals surface area contributed by atoms with E-state index in [0.29, 0.717) is 0 Å². The van der Waals surface area contributed by atoms with E-state index in [0.717, 1.165) is 19.2 Å². The third kappa shape index (κ3) is 1.59.